The summed E-state index contributed by atoms with van der Waals surface area (Å²) in [6.45, 7) is 6.39. The zero-order valence-electron chi connectivity index (χ0n) is 29.9. The van der Waals surface area contributed by atoms with Crippen molar-refractivity contribution in [1.82, 2.24) is 26.7 Å². The number of ether oxygens (including phenoxy) is 2. The number of carbonyl (C=O) groups is 4. The quantitative estimate of drug-likeness (QED) is 0.0393. The maximum absolute atomic E-state index is 14.1. The standard InChI is InChI=1S/C39H49N5O8/c1-4-50-37(51-5-2)26(3)35(32-21-13-17-28-15-7-9-20-31(28)32)43-36(46)33(22-10-11-23-40-39(48)49)42-34(45)25-52-44-38(47)41-24-29-18-12-16-27-14-6-8-19-30(27)29/h6-9,12-21,26,33,35,37,40H,4-5,10-11,22-25H2,1-3H3,(H,42,45)(H,43,46)(H,48,49)(H2,41,44,47)/t26-,33-,35?/m0/s1. The highest BCUT2D eigenvalue weighted by atomic mass is 16.7. The summed E-state index contributed by atoms with van der Waals surface area (Å²) in [7, 11) is 0. The molecule has 3 atom stereocenters. The van der Waals surface area contributed by atoms with Crippen molar-refractivity contribution in [1.29, 1.82) is 0 Å². The predicted molar refractivity (Wildman–Crippen MR) is 198 cm³/mol. The zero-order valence-corrected chi connectivity index (χ0v) is 29.9. The normalized spacial score (nSPS) is 12.9. The third kappa shape index (κ3) is 11.7. The third-order valence-electron chi connectivity index (χ3n) is 8.61. The van der Waals surface area contributed by atoms with E-state index in [0.717, 1.165) is 32.7 Å². The molecule has 0 heterocycles. The van der Waals surface area contributed by atoms with Crippen LogP contribution in [0.3, 0.4) is 0 Å². The summed E-state index contributed by atoms with van der Waals surface area (Å²) in [6.07, 6.45) is -0.669. The Hall–Kier alpha value is -5.24. The Labute approximate surface area is 303 Å². The fourth-order valence-electron chi connectivity index (χ4n) is 6.10. The molecular formula is C39H49N5O8. The molecule has 1 unspecified atom stereocenters. The first kappa shape index (κ1) is 39.5. The van der Waals surface area contributed by atoms with Gasteiger partial charge in [0.25, 0.3) is 0 Å². The van der Waals surface area contributed by atoms with Crippen molar-refractivity contribution in [2.45, 2.75) is 65.0 Å². The fourth-order valence-corrected chi connectivity index (χ4v) is 6.10. The van der Waals surface area contributed by atoms with E-state index in [0.29, 0.717) is 26.1 Å². The molecule has 0 aromatic heterocycles. The van der Waals surface area contributed by atoms with Gasteiger partial charge < -0.3 is 35.8 Å². The van der Waals surface area contributed by atoms with E-state index < -0.39 is 48.9 Å². The molecule has 52 heavy (non-hydrogen) atoms. The minimum Gasteiger partial charge on any atom is -0.465 e. The van der Waals surface area contributed by atoms with Gasteiger partial charge in [0.1, 0.15) is 6.04 Å². The number of carbonyl (C=O) groups excluding carboxylic acids is 3. The summed E-state index contributed by atoms with van der Waals surface area (Å²) < 4.78 is 11.9. The summed E-state index contributed by atoms with van der Waals surface area (Å²) in [6, 6.07) is 25.2. The molecule has 0 fully saturated rings. The largest absolute Gasteiger partial charge is 0.465 e. The SMILES string of the molecule is CCOC(OCC)[C@@H](C)C(NC(=O)[C@H](CCCCNC(=O)O)NC(=O)CONC(=O)NCc1cccc2ccccc12)c1cccc2ccccc12. The highest BCUT2D eigenvalue weighted by Gasteiger charge is 2.33. The lowest BCUT2D eigenvalue weighted by Crippen LogP contribution is -2.51. The smallest absolute Gasteiger partial charge is 0.404 e. The monoisotopic (exact) mass is 715 g/mol. The number of hydroxylamine groups is 1. The van der Waals surface area contributed by atoms with E-state index in [1.165, 1.54) is 0 Å². The minimum absolute atomic E-state index is 0.193. The molecule has 0 aliphatic carbocycles. The Morgan fingerprint density at radius 2 is 1.38 bits per heavy atom. The van der Waals surface area contributed by atoms with Crippen LogP contribution < -0.4 is 26.7 Å². The van der Waals surface area contributed by atoms with Crippen LogP contribution in [0, 0.1) is 5.92 Å². The van der Waals surface area contributed by atoms with Crippen LogP contribution in [0.5, 0.6) is 0 Å². The maximum atomic E-state index is 14.1. The maximum Gasteiger partial charge on any atom is 0.404 e. The lowest BCUT2D eigenvalue weighted by atomic mass is 9.89. The van der Waals surface area contributed by atoms with Crippen molar-refractivity contribution in [3.05, 3.63) is 96.1 Å². The van der Waals surface area contributed by atoms with Gasteiger partial charge in [0.15, 0.2) is 12.9 Å². The van der Waals surface area contributed by atoms with E-state index in [9.17, 15) is 19.2 Å². The van der Waals surface area contributed by atoms with Crippen LogP contribution in [-0.4, -0.2) is 67.7 Å². The van der Waals surface area contributed by atoms with E-state index in [4.69, 9.17) is 19.4 Å². The number of hydrogen-bond acceptors (Lipinski definition) is 7. The van der Waals surface area contributed by atoms with Crippen molar-refractivity contribution in [2.24, 2.45) is 5.92 Å². The summed E-state index contributed by atoms with van der Waals surface area (Å²) in [5, 5.41) is 23.9. The zero-order chi connectivity index (χ0) is 37.3. The highest BCUT2D eigenvalue weighted by Crippen LogP contribution is 2.32. The van der Waals surface area contributed by atoms with Gasteiger partial charge in [-0.25, -0.2) is 15.1 Å². The molecule has 13 heteroatoms. The van der Waals surface area contributed by atoms with Crippen molar-refractivity contribution >= 4 is 45.5 Å². The average Bonchev–Trinajstić information content (AvgIpc) is 3.14. The van der Waals surface area contributed by atoms with Crippen LogP contribution in [0.4, 0.5) is 9.59 Å². The van der Waals surface area contributed by atoms with Crippen molar-refractivity contribution in [3.63, 3.8) is 0 Å². The molecule has 0 saturated carbocycles. The molecule has 5 amide bonds. The molecule has 278 valence electrons. The summed E-state index contributed by atoms with van der Waals surface area (Å²) >= 11 is 0. The summed E-state index contributed by atoms with van der Waals surface area (Å²) in [4.78, 5) is 55.7. The summed E-state index contributed by atoms with van der Waals surface area (Å²) in [5.41, 5.74) is 4.01. The number of carboxylic acid groups (broad SMARTS) is 1. The highest BCUT2D eigenvalue weighted by molar-refractivity contribution is 5.90. The Morgan fingerprint density at radius 3 is 2.08 bits per heavy atom. The first-order valence-electron chi connectivity index (χ1n) is 17.6. The van der Waals surface area contributed by atoms with Gasteiger partial charge in [0.05, 0.1) is 6.04 Å². The molecule has 0 radical (unpaired) electrons. The van der Waals surface area contributed by atoms with E-state index in [2.05, 4.69) is 26.7 Å². The van der Waals surface area contributed by atoms with Gasteiger partial charge in [-0.3, -0.25) is 14.4 Å². The molecule has 0 spiro atoms. The number of fused-ring (bicyclic) bond motifs is 2. The molecule has 4 aromatic carbocycles. The third-order valence-corrected chi connectivity index (χ3v) is 8.61. The molecular weight excluding hydrogens is 666 g/mol. The van der Waals surface area contributed by atoms with Crippen LogP contribution in [0.15, 0.2) is 84.9 Å². The number of rotatable bonds is 20. The molecule has 0 aliphatic heterocycles. The topological polar surface area (TPSA) is 176 Å². The molecule has 0 bridgehead atoms. The van der Waals surface area contributed by atoms with Crippen LogP contribution in [0.2, 0.25) is 0 Å². The van der Waals surface area contributed by atoms with Crippen molar-refractivity contribution in [2.75, 3.05) is 26.4 Å². The van der Waals surface area contributed by atoms with E-state index in [1.807, 2.05) is 106 Å². The van der Waals surface area contributed by atoms with Crippen molar-refractivity contribution in [3.8, 4) is 0 Å². The predicted octanol–water partition coefficient (Wildman–Crippen LogP) is 5.54. The van der Waals surface area contributed by atoms with Crippen LogP contribution in [-0.2, 0) is 30.4 Å². The van der Waals surface area contributed by atoms with Gasteiger partial charge in [-0.05, 0) is 65.8 Å². The lowest BCUT2D eigenvalue weighted by molar-refractivity contribution is -0.170. The van der Waals surface area contributed by atoms with E-state index >= 15 is 0 Å². The molecule has 6 N–H and O–H groups in total. The van der Waals surface area contributed by atoms with Gasteiger partial charge in [0.2, 0.25) is 11.8 Å². The number of unbranched alkanes of at least 4 members (excludes halogenated alkanes) is 1. The number of amides is 5. The second kappa shape index (κ2) is 20.6. The second-order valence-electron chi connectivity index (χ2n) is 12.3. The molecule has 13 nitrogen and oxygen atoms in total. The number of benzene rings is 4. The first-order valence-corrected chi connectivity index (χ1v) is 17.6. The van der Waals surface area contributed by atoms with Crippen LogP contribution >= 0.6 is 0 Å². The van der Waals surface area contributed by atoms with Gasteiger partial charge >= 0.3 is 12.1 Å². The van der Waals surface area contributed by atoms with Crippen molar-refractivity contribution < 1.29 is 38.6 Å². The molecule has 0 saturated heterocycles. The van der Waals surface area contributed by atoms with E-state index in [-0.39, 0.29) is 25.4 Å². The Morgan fingerprint density at radius 1 is 0.750 bits per heavy atom. The molecule has 4 aromatic rings. The summed E-state index contributed by atoms with van der Waals surface area (Å²) in [5.74, 6) is -1.42. The Bertz CT molecular complexity index is 1770. The second-order valence-corrected chi connectivity index (χ2v) is 12.3. The fraction of sp³-hybridized carbons (Fsp3) is 0.385. The van der Waals surface area contributed by atoms with Gasteiger partial charge in [-0.15, -0.1) is 0 Å². The van der Waals surface area contributed by atoms with E-state index in [1.54, 1.807) is 0 Å². The first-order chi connectivity index (χ1) is 25.2. The lowest BCUT2D eigenvalue weighted by Gasteiger charge is -2.33. The molecule has 0 aliphatic rings. The Kier molecular flexibility index (Phi) is 15.6. The van der Waals surface area contributed by atoms with Gasteiger partial charge in [-0.2, -0.15) is 0 Å². The molecule has 4 rings (SSSR count). The average molecular weight is 716 g/mol. The van der Waals surface area contributed by atoms with Crippen LogP contribution in [0.1, 0.15) is 57.2 Å². The Balaban J connectivity index is 1.43. The number of hydrogen-bond donors (Lipinski definition) is 6. The minimum atomic E-state index is -1.14. The number of nitrogens with one attached hydrogen (secondary N) is 5. The van der Waals surface area contributed by atoms with Crippen LogP contribution in [0.25, 0.3) is 21.5 Å². The van der Waals surface area contributed by atoms with Gasteiger partial charge in [-0.1, -0.05) is 91.9 Å². The van der Waals surface area contributed by atoms with Gasteiger partial charge in [0, 0.05) is 32.2 Å². The number of urea groups is 1.